The highest BCUT2D eigenvalue weighted by Gasteiger charge is 2.09. The number of sulfonamides is 1. The normalized spacial score (nSPS) is 10.9. The first kappa shape index (κ1) is 19.1. The number of carboxylic acid groups (broad SMARTS) is 1. The highest BCUT2D eigenvalue weighted by molar-refractivity contribution is 7.89. The van der Waals surface area contributed by atoms with Crippen LogP contribution in [0.1, 0.15) is 0 Å². The van der Waals surface area contributed by atoms with Crippen LogP contribution in [0.4, 0.5) is 33.6 Å². The van der Waals surface area contributed by atoms with Crippen molar-refractivity contribution < 1.29 is 18.3 Å². The van der Waals surface area contributed by atoms with Crippen LogP contribution in [-0.2, 0) is 10.0 Å². The molecule has 6 N–H and O–H groups in total. The summed E-state index contributed by atoms with van der Waals surface area (Å²) in [5.74, 6) is 0.736. The van der Waals surface area contributed by atoms with E-state index in [-0.39, 0.29) is 10.8 Å². The van der Waals surface area contributed by atoms with E-state index in [1.54, 1.807) is 42.5 Å². The average molecular weight is 400 g/mol. The second-order valence-corrected chi connectivity index (χ2v) is 7.16. The SMILES string of the molecule is NS(=O)(=O)c1cccc(Nc2nccc(Nc3ccc(NC(=O)O)cc3)n2)c1. The number of anilines is 5. The molecule has 3 rings (SSSR count). The third-order valence-corrected chi connectivity index (χ3v) is 4.39. The lowest BCUT2D eigenvalue weighted by molar-refractivity contribution is 0.209. The molecule has 0 saturated heterocycles. The molecule has 0 aliphatic carbocycles. The monoisotopic (exact) mass is 400 g/mol. The average Bonchev–Trinajstić information content (AvgIpc) is 2.63. The van der Waals surface area contributed by atoms with Gasteiger partial charge < -0.3 is 15.7 Å². The van der Waals surface area contributed by atoms with Crippen molar-refractivity contribution in [3.8, 4) is 0 Å². The van der Waals surface area contributed by atoms with Crippen LogP contribution in [0, 0.1) is 0 Å². The molecule has 10 nitrogen and oxygen atoms in total. The Morgan fingerprint density at radius 2 is 1.68 bits per heavy atom. The van der Waals surface area contributed by atoms with Gasteiger partial charge >= 0.3 is 6.09 Å². The van der Waals surface area contributed by atoms with E-state index >= 15 is 0 Å². The number of rotatable bonds is 6. The van der Waals surface area contributed by atoms with E-state index in [9.17, 15) is 13.2 Å². The minimum atomic E-state index is -3.81. The van der Waals surface area contributed by atoms with Crippen molar-refractivity contribution in [1.82, 2.24) is 9.97 Å². The van der Waals surface area contributed by atoms with Crippen LogP contribution < -0.4 is 21.1 Å². The molecule has 0 saturated carbocycles. The molecule has 0 spiro atoms. The molecule has 1 amide bonds. The summed E-state index contributed by atoms with van der Waals surface area (Å²) in [6.45, 7) is 0. The first-order valence-corrected chi connectivity index (χ1v) is 9.44. The number of hydrogen-bond acceptors (Lipinski definition) is 7. The molecule has 144 valence electrons. The van der Waals surface area contributed by atoms with Crippen LogP contribution in [0.5, 0.6) is 0 Å². The summed E-state index contributed by atoms with van der Waals surface area (Å²) in [7, 11) is -3.81. The van der Waals surface area contributed by atoms with E-state index in [0.29, 0.717) is 22.9 Å². The topological polar surface area (TPSA) is 159 Å². The van der Waals surface area contributed by atoms with Crippen LogP contribution in [0.25, 0.3) is 0 Å². The molecule has 0 radical (unpaired) electrons. The fourth-order valence-corrected chi connectivity index (χ4v) is 2.84. The fourth-order valence-electron chi connectivity index (χ4n) is 2.28. The third kappa shape index (κ3) is 5.16. The van der Waals surface area contributed by atoms with Gasteiger partial charge in [-0.3, -0.25) is 5.32 Å². The zero-order valence-electron chi connectivity index (χ0n) is 14.3. The maximum absolute atomic E-state index is 11.4. The molecule has 0 aliphatic rings. The summed E-state index contributed by atoms with van der Waals surface area (Å²) >= 11 is 0. The number of benzene rings is 2. The Morgan fingerprint density at radius 1 is 0.964 bits per heavy atom. The van der Waals surface area contributed by atoms with Gasteiger partial charge in [-0.25, -0.2) is 23.3 Å². The number of primary sulfonamides is 1. The summed E-state index contributed by atoms with van der Waals surface area (Å²) in [5, 5.41) is 22.1. The number of nitrogens with zero attached hydrogens (tertiary/aromatic N) is 2. The molecule has 0 unspecified atom stereocenters. The number of nitrogens with two attached hydrogens (primary N) is 1. The highest BCUT2D eigenvalue weighted by atomic mass is 32.2. The predicted molar refractivity (Wildman–Crippen MR) is 105 cm³/mol. The largest absolute Gasteiger partial charge is 0.465 e. The number of aromatic nitrogens is 2. The van der Waals surface area contributed by atoms with Gasteiger partial charge in [0.05, 0.1) is 4.90 Å². The molecule has 0 atom stereocenters. The zero-order valence-corrected chi connectivity index (χ0v) is 15.1. The Bertz CT molecular complexity index is 1100. The second-order valence-electron chi connectivity index (χ2n) is 5.60. The van der Waals surface area contributed by atoms with Crippen molar-refractivity contribution in [1.29, 1.82) is 0 Å². The lowest BCUT2D eigenvalue weighted by Gasteiger charge is -2.09. The standard InChI is InChI=1S/C17H16N6O4S/c18-28(26,27)14-3-1-2-13(10-14)21-16-19-9-8-15(23-16)20-11-4-6-12(7-5-11)22-17(24)25/h1-10,22H,(H,24,25)(H2,18,26,27)(H2,19,20,21,23). The minimum Gasteiger partial charge on any atom is -0.465 e. The Morgan fingerprint density at radius 3 is 2.36 bits per heavy atom. The van der Waals surface area contributed by atoms with E-state index in [4.69, 9.17) is 10.2 Å². The zero-order chi connectivity index (χ0) is 20.1. The number of amides is 1. The number of carbonyl (C=O) groups is 1. The number of nitrogens with one attached hydrogen (secondary N) is 3. The van der Waals surface area contributed by atoms with Gasteiger partial charge in [0.25, 0.3) is 0 Å². The van der Waals surface area contributed by atoms with Crippen molar-refractivity contribution in [2.45, 2.75) is 4.90 Å². The van der Waals surface area contributed by atoms with Crippen LogP contribution in [0.3, 0.4) is 0 Å². The maximum Gasteiger partial charge on any atom is 0.409 e. The van der Waals surface area contributed by atoms with Gasteiger partial charge in [-0.15, -0.1) is 0 Å². The molecular weight excluding hydrogens is 384 g/mol. The van der Waals surface area contributed by atoms with Gasteiger partial charge in [-0.1, -0.05) is 6.07 Å². The Labute approximate surface area is 160 Å². The quantitative estimate of drug-likeness (QED) is 0.422. The molecule has 28 heavy (non-hydrogen) atoms. The summed E-state index contributed by atoms with van der Waals surface area (Å²) in [4.78, 5) is 19.0. The van der Waals surface area contributed by atoms with Crippen molar-refractivity contribution >= 4 is 44.9 Å². The molecule has 0 fully saturated rings. The van der Waals surface area contributed by atoms with Gasteiger partial charge in [0.2, 0.25) is 16.0 Å². The van der Waals surface area contributed by atoms with Gasteiger partial charge in [0.15, 0.2) is 0 Å². The van der Waals surface area contributed by atoms with Gasteiger partial charge in [-0.05, 0) is 48.5 Å². The summed E-state index contributed by atoms with van der Waals surface area (Å²) < 4.78 is 22.9. The third-order valence-electron chi connectivity index (χ3n) is 3.48. The van der Waals surface area contributed by atoms with E-state index in [0.717, 1.165) is 0 Å². The van der Waals surface area contributed by atoms with Crippen LogP contribution in [-0.4, -0.2) is 29.6 Å². The van der Waals surface area contributed by atoms with Gasteiger partial charge in [-0.2, -0.15) is 4.98 Å². The maximum atomic E-state index is 11.4. The molecule has 1 heterocycles. The van der Waals surface area contributed by atoms with Gasteiger partial charge in [0, 0.05) is 23.3 Å². The lowest BCUT2D eigenvalue weighted by Crippen LogP contribution is -2.12. The summed E-state index contributed by atoms with van der Waals surface area (Å²) in [6.07, 6.45) is 0.389. The van der Waals surface area contributed by atoms with Crippen LogP contribution in [0.15, 0.2) is 65.7 Å². The van der Waals surface area contributed by atoms with E-state index in [2.05, 4.69) is 25.9 Å². The first-order valence-electron chi connectivity index (χ1n) is 7.89. The molecule has 0 bridgehead atoms. The smallest absolute Gasteiger partial charge is 0.409 e. The molecule has 3 aromatic rings. The van der Waals surface area contributed by atoms with Crippen molar-refractivity contribution in [3.63, 3.8) is 0 Å². The lowest BCUT2D eigenvalue weighted by atomic mass is 10.3. The molecule has 1 aromatic heterocycles. The summed E-state index contributed by atoms with van der Waals surface area (Å²) in [6, 6.07) is 14.2. The first-order chi connectivity index (χ1) is 13.3. The van der Waals surface area contributed by atoms with Gasteiger partial charge in [0.1, 0.15) is 5.82 Å². The van der Waals surface area contributed by atoms with Crippen LogP contribution >= 0.6 is 0 Å². The summed E-state index contributed by atoms with van der Waals surface area (Å²) in [5.41, 5.74) is 1.60. The molecule has 2 aromatic carbocycles. The van der Waals surface area contributed by atoms with E-state index in [1.165, 1.54) is 18.3 Å². The number of hydrogen-bond donors (Lipinski definition) is 5. The molecule has 11 heteroatoms. The minimum absolute atomic E-state index is 0.0261. The Balaban J connectivity index is 1.73. The van der Waals surface area contributed by atoms with Crippen LogP contribution in [0.2, 0.25) is 0 Å². The predicted octanol–water partition coefficient (Wildman–Crippen LogP) is 2.70. The van der Waals surface area contributed by atoms with Crippen molar-refractivity contribution in [2.75, 3.05) is 16.0 Å². The molecule has 0 aliphatic heterocycles. The highest BCUT2D eigenvalue weighted by Crippen LogP contribution is 2.20. The Hall–Kier alpha value is -3.70. The Kier molecular flexibility index (Phi) is 5.38. The van der Waals surface area contributed by atoms with Crippen molar-refractivity contribution in [3.05, 3.63) is 60.8 Å². The van der Waals surface area contributed by atoms with E-state index in [1.807, 2.05) is 0 Å². The second kappa shape index (κ2) is 7.90. The fraction of sp³-hybridized carbons (Fsp3) is 0. The molecular formula is C17H16N6O4S. The van der Waals surface area contributed by atoms with E-state index < -0.39 is 16.1 Å². The van der Waals surface area contributed by atoms with Crippen molar-refractivity contribution in [2.24, 2.45) is 5.14 Å².